The van der Waals surface area contributed by atoms with Crippen LogP contribution in [0.5, 0.6) is 0 Å². The molecule has 0 amide bonds. The Labute approximate surface area is 123 Å². The average Bonchev–Trinajstić information content (AvgIpc) is 2.47. The molecule has 2 aromatic carbocycles. The summed E-state index contributed by atoms with van der Waals surface area (Å²) in [6, 6.07) is 16.1. The Balaban J connectivity index is 2.15. The lowest BCUT2D eigenvalue weighted by Crippen LogP contribution is -2.36. The zero-order chi connectivity index (χ0) is 14.4. The molecule has 0 heterocycles. The second kappa shape index (κ2) is 7.44. The van der Waals surface area contributed by atoms with Crippen LogP contribution in [0.15, 0.2) is 42.5 Å². The highest BCUT2D eigenvalue weighted by Crippen LogP contribution is 2.20. The monoisotopic (exact) mass is 269 g/mol. The molecule has 20 heavy (non-hydrogen) atoms. The zero-order valence-corrected chi connectivity index (χ0v) is 13.0. The number of likely N-dealkylation sites (N-methyl/N-ethyl adjacent to an activating group) is 1. The molecule has 2 aromatic rings. The van der Waals surface area contributed by atoms with Gasteiger partial charge in [0.1, 0.15) is 0 Å². The third-order valence-electron chi connectivity index (χ3n) is 4.17. The zero-order valence-electron chi connectivity index (χ0n) is 13.0. The molecular formula is C19H27N. The van der Waals surface area contributed by atoms with Crippen molar-refractivity contribution in [1.82, 2.24) is 5.32 Å². The molecule has 0 saturated heterocycles. The molecule has 2 unspecified atom stereocenters. The maximum Gasteiger partial charge on any atom is 0.0133 e. The quantitative estimate of drug-likeness (QED) is 0.761. The first-order valence-electron chi connectivity index (χ1n) is 7.95. The summed E-state index contributed by atoms with van der Waals surface area (Å²) >= 11 is 0. The number of hydrogen-bond acceptors (Lipinski definition) is 1. The fraction of sp³-hybridized carbons (Fsp3) is 0.474. The number of benzene rings is 2. The van der Waals surface area contributed by atoms with Gasteiger partial charge in [-0.15, -0.1) is 0 Å². The van der Waals surface area contributed by atoms with E-state index in [4.69, 9.17) is 0 Å². The van der Waals surface area contributed by atoms with Gasteiger partial charge in [0.05, 0.1) is 0 Å². The van der Waals surface area contributed by atoms with E-state index >= 15 is 0 Å². The van der Waals surface area contributed by atoms with Crippen LogP contribution in [-0.2, 0) is 6.42 Å². The number of hydrogen-bond donors (Lipinski definition) is 1. The Bertz CT molecular complexity index is 532. The van der Waals surface area contributed by atoms with Crippen molar-refractivity contribution in [2.75, 3.05) is 6.54 Å². The normalized spacial score (nSPS) is 14.3. The molecule has 0 aliphatic rings. The highest BCUT2D eigenvalue weighted by Gasteiger charge is 2.16. The Morgan fingerprint density at radius 2 is 1.75 bits per heavy atom. The Hall–Kier alpha value is -1.34. The molecule has 0 aliphatic carbocycles. The van der Waals surface area contributed by atoms with Gasteiger partial charge in [0.2, 0.25) is 0 Å². The topological polar surface area (TPSA) is 12.0 Å². The van der Waals surface area contributed by atoms with Crippen LogP contribution in [0.1, 0.15) is 39.2 Å². The van der Waals surface area contributed by atoms with Crippen molar-refractivity contribution in [3.05, 3.63) is 48.0 Å². The standard InChI is InChI=1S/C19H27N/c1-4-8-15(3)19(20-5-2)14-16-11-12-17-9-6-7-10-18(17)13-16/h6-7,9-13,15,19-20H,4-5,8,14H2,1-3H3. The van der Waals surface area contributed by atoms with Crippen molar-refractivity contribution in [3.8, 4) is 0 Å². The predicted octanol–water partition coefficient (Wildman–Crippen LogP) is 4.80. The van der Waals surface area contributed by atoms with E-state index in [1.807, 2.05) is 0 Å². The molecule has 1 heteroatoms. The summed E-state index contributed by atoms with van der Waals surface area (Å²) in [6.45, 7) is 7.89. The number of rotatable bonds is 7. The van der Waals surface area contributed by atoms with Gasteiger partial charge in [-0.3, -0.25) is 0 Å². The van der Waals surface area contributed by atoms with E-state index in [1.54, 1.807) is 0 Å². The van der Waals surface area contributed by atoms with Gasteiger partial charge in [0.25, 0.3) is 0 Å². The average molecular weight is 269 g/mol. The molecule has 0 fully saturated rings. The summed E-state index contributed by atoms with van der Waals surface area (Å²) in [4.78, 5) is 0. The highest BCUT2D eigenvalue weighted by atomic mass is 14.9. The first-order valence-corrected chi connectivity index (χ1v) is 7.95. The van der Waals surface area contributed by atoms with E-state index in [2.05, 4.69) is 68.6 Å². The van der Waals surface area contributed by atoms with Crippen molar-refractivity contribution < 1.29 is 0 Å². The lowest BCUT2D eigenvalue weighted by Gasteiger charge is -2.25. The fourth-order valence-corrected chi connectivity index (χ4v) is 3.01. The molecular weight excluding hydrogens is 242 g/mol. The molecule has 1 N–H and O–H groups in total. The van der Waals surface area contributed by atoms with Gasteiger partial charge < -0.3 is 5.32 Å². The van der Waals surface area contributed by atoms with Gasteiger partial charge in [-0.1, -0.05) is 69.7 Å². The summed E-state index contributed by atoms with van der Waals surface area (Å²) in [5, 5.41) is 6.35. The van der Waals surface area contributed by atoms with E-state index in [9.17, 15) is 0 Å². The molecule has 2 atom stereocenters. The minimum absolute atomic E-state index is 0.584. The van der Waals surface area contributed by atoms with Gasteiger partial charge in [0, 0.05) is 6.04 Å². The maximum atomic E-state index is 3.66. The largest absolute Gasteiger partial charge is 0.314 e. The lowest BCUT2D eigenvalue weighted by molar-refractivity contribution is 0.358. The summed E-state index contributed by atoms with van der Waals surface area (Å²) < 4.78 is 0. The van der Waals surface area contributed by atoms with Crippen LogP contribution in [0.4, 0.5) is 0 Å². The first-order chi connectivity index (χ1) is 9.74. The van der Waals surface area contributed by atoms with Gasteiger partial charge >= 0.3 is 0 Å². The van der Waals surface area contributed by atoms with Crippen molar-refractivity contribution in [3.63, 3.8) is 0 Å². The van der Waals surface area contributed by atoms with E-state index in [0.717, 1.165) is 18.9 Å². The van der Waals surface area contributed by atoms with Crippen LogP contribution in [-0.4, -0.2) is 12.6 Å². The smallest absolute Gasteiger partial charge is 0.0133 e. The lowest BCUT2D eigenvalue weighted by atomic mass is 9.91. The number of fused-ring (bicyclic) bond motifs is 1. The van der Waals surface area contributed by atoms with E-state index < -0.39 is 0 Å². The Kier molecular flexibility index (Phi) is 5.60. The van der Waals surface area contributed by atoms with Crippen LogP contribution >= 0.6 is 0 Å². The minimum atomic E-state index is 0.584. The highest BCUT2D eigenvalue weighted by molar-refractivity contribution is 5.82. The van der Waals surface area contributed by atoms with Crippen LogP contribution in [0, 0.1) is 5.92 Å². The molecule has 0 aromatic heterocycles. The molecule has 0 aliphatic heterocycles. The van der Waals surface area contributed by atoms with Crippen molar-refractivity contribution in [2.24, 2.45) is 5.92 Å². The first kappa shape index (κ1) is 15.1. The van der Waals surface area contributed by atoms with Gasteiger partial charge in [-0.2, -0.15) is 0 Å². The predicted molar refractivity (Wildman–Crippen MR) is 89.2 cm³/mol. The third kappa shape index (κ3) is 3.83. The van der Waals surface area contributed by atoms with Crippen molar-refractivity contribution in [2.45, 2.75) is 46.1 Å². The van der Waals surface area contributed by atoms with Gasteiger partial charge in [0.15, 0.2) is 0 Å². The summed E-state index contributed by atoms with van der Waals surface area (Å²) in [6.07, 6.45) is 3.69. The third-order valence-corrected chi connectivity index (χ3v) is 4.17. The SMILES string of the molecule is CCCC(C)C(Cc1ccc2ccccc2c1)NCC. The van der Waals surface area contributed by atoms with Crippen LogP contribution in [0.3, 0.4) is 0 Å². The summed E-state index contributed by atoms with van der Waals surface area (Å²) in [5.74, 6) is 0.728. The molecule has 0 saturated carbocycles. The molecule has 1 nitrogen and oxygen atoms in total. The fourth-order valence-electron chi connectivity index (χ4n) is 3.01. The maximum absolute atomic E-state index is 3.66. The van der Waals surface area contributed by atoms with Crippen molar-refractivity contribution in [1.29, 1.82) is 0 Å². The van der Waals surface area contributed by atoms with Crippen LogP contribution in [0.25, 0.3) is 10.8 Å². The molecule has 2 rings (SSSR count). The Morgan fingerprint density at radius 3 is 2.45 bits per heavy atom. The minimum Gasteiger partial charge on any atom is -0.314 e. The number of nitrogens with one attached hydrogen (secondary N) is 1. The Morgan fingerprint density at radius 1 is 1.00 bits per heavy atom. The summed E-state index contributed by atoms with van der Waals surface area (Å²) in [7, 11) is 0. The van der Waals surface area contributed by atoms with E-state index in [1.165, 1.54) is 29.2 Å². The van der Waals surface area contributed by atoms with E-state index in [0.29, 0.717) is 6.04 Å². The second-order valence-electron chi connectivity index (χ2n) is 5.82. The van der Waals surface area contributed by atoms with Gasteiger partial charge in [-0.05, 0) is 41.6 Å². The summed E-state index contributed by atoms with van der Waals surface area (Å²) in [5.41, 5.74) is 1.44. The van der Waals surface area contributed by atoms with Crippen molar-refractivity contribution >= 4 is 10.8 Å². The molecule has 0 bridgehead atoms. The second-order valence-corrected chi connectivity index (χ2v) is 5.82. The molecule has 108 valence electrons. The molecule has 0 radical (unpaired) electrons. The van der Waals surface area contributed by atoms with Crippen LogP contribution < -0.4 is 5.32 Å². The molecule has 0 spiro atoms. The van der Waals surface area contributed by atoms with Gasteiger partial charge in [-0.25, -0.2) is 0 Å². The van der Waals surface area contributed by atoms with E-state index in [-0.39, 0.29) is 0 Å². The van der Waals surface area contributed by atoms with Crippen LogP contribution in [0.2, 0.25) is 0 Å².